The van der Waals surface area contributed by atoms with Crippen molar-refractivity contribution in [1.82, 2.24) is 4.90 Å². The summed E-state index contributed by atoms with van der Waals surface area (Å²) in [6.45, 7) is 4.94. The van der Waals surface area contributed by atoms with Crippen LogP contribution in [-0.4, -0.2) is 29.8 Å². The van der Waals surface area contributed by atoms with E-state index < -0.39 is 0 Å². The van der Waals surface area contributed by atoms with E-state index in [1.807, 2.05) is 32.0 Å². The topological polar surface area (TPSA) is 49.4 Å². The zero-order valence-corrected chi connectivity index (χ0v) is 15.1. The van der Waals surface area contributed by atoms with E-state index in [1.165, 1.54) is 12.1 Å². The molecule has 0 unspecified atom stereocenters. The molecule has 0 bridgehead atoms. The minimum absolute atomic E-state index is 0.00677. The third-order valence-electron chi connectivity index (χ3n) is 4.66. The van der Waals surface area contributed by atoms with Gasteiger partial charge in [0.25, 0.3) is 0 Å². The number of hydrogen-bond acceptors (Lipinski definition) is 2. The van der Waals surface area contributed by atoms with Crippen molar-refractivity contribution < 1.29 is 14.0 Å². The lowest BCUT2D eigenvalue weighted by Crippen LogP contribution is -2.30. The van der Waals surface area contributed by atoms with Crippen LogP contribution in [0.4, 0.5) is 10.1 Å². The average molecular weight is 354 g/mol. The number of amides is 2. The van der Waals surface area contributed by atoms with E-state index in [0.717, 1.165) is 22.4 Å². The lowest BCUT2D eigenvalue weighted by atomic mass is 10.1. The minimum Gasteiger partial charge on any atom is -0.342 e. The number of carbonyl (C=O) groups excluding carboxylic acids is 2. The minimum atomic E-state index is -0.337. The first-order valence-electron chi connectivity index (χ1n) is 8.82. The monoisotopic (exact) mass is 354 g/mol. The van der Waals surface area contributed by atoms with Crippen LogP contribution in [0.3, 0.4) is 0 Å². The highest BCUT2D eigenvalue weighted by Gasteiger charge is 2.34. The van der Waals surface area contributed by atoms with Gasteiger partial charge in [0.2, 0.25) is 11.8 Å². The molecule has 0 spiro atoms. The summed E-state index contributed by atoms with van der Waals surface area (Å²) in [7, 11) is 0. The summed E-state index contributed by atoms with van der Waals surface area (Å²) >= 11 is 0. The van der Waals surface area contributed by atoms with Gasteiger partial charge in [0, 0.05) is 25.2 Å². The highest BCUT2D eigenvalue weighted by molar-refractivity contribution is 5.97. The molecular formula is C21H23FN2O2. The second kappa shape index (κ2) is 7.68. The Morgan fingerprint density at radius 1 is 1.15 bits per heavy atom. The summed E-state index contributed by atoms with van der Waals surface area (Å²) in [6, 6.07) is 12.2. The van der Waals surface area contributed by atoms with Gasteiger partial charge < -0.3 is 10.2 Å². The maximum atomic E-state index is 12.9. The maximum absolute atomic E-state index is 12.9. The summed E-state index contributed by atoms with van der Waals surface area (Å²) in [5, 5.41) is 2.93. The normalized spacial score (nSPS) is 16.8. The fourth-order valence-corrected chi connectivity index (χ4v) is 3.37. The van der Waals surface area contributed by atoms with Crippen LogP contribution in [0.2, 0.25) is 0 Å². The van der Waals surface area contributed by atoms with Crippen LogP contribution >= 0.6 is 0 Å². The molecule has 1 fully saturated rings. The fourth-order valence-electron chi connectivity index (χ4n) is 3.37. The van der Waals surface area contributed by atoms with E-state index in [2.05, 4.69) is 5.32 Å². The van der Waals surface area contributed by atoms with Crippen molar-refractivity contribution >= 4 is 17.5 Å². The summed E-state index contributed by atoms with van der Waals surface area (Å²) in [4.78, 5) is 26.4. The predicted octanol–water partition coefficient (Wildman–Crippen LogP) is 3.47. The number of nitrogens with one attached hydrogen (secondary N) is 1. The Kier molecular flexibility index (Phi) is 5.35. The molecule has 5 heteroatoms. The molecule has 2 amide bonds. The first kappa shape index (κ1) is 18.1. The van der Waals surface area contributed by atoms with E-state index in [-0.39, 0.29) is 30.0 Å². The van der Waals surface area contributed by atoms with Gasteiger partial charge in [-0.1, -0.05) is 18.2 Å². The summed E-state index contributed by atoms with van der Waals surface area (Å²) < 4.78 is 12.9. The van der Waals surface area contributed by atoms with Gasteiger partial charge in [-0.2, -0.15) is 0 Å². The molecule has 136 valence electrons. The Hall–Kier alpha value is -2.69. The van der Waals surface area contributed by atoms with Gasteiger partial charge in [0.05, 0.1) is 5.92 Å². The smallest absolute Gasteiger partial charge is 0.229 e. The van der Waals surface area contributed by atoms with Crippen molar-refractivity contribution in [3.8, 4) is 0 Å². The van der Waals surface area contributed by atoms with Gasteiger partial charge in [0.15, 0.2) is 0 Å². The molecule has 1 saturated heterocycles. The van der Waals surface area contributed by atoms with E-state index in [9.17, 15) is 14.0 Å². The Bertz CT molecular complexity index is 797. The molecule has 0 aromatic heterocycles. The lowest BCUT2D eigenvalue weighted by Gasteiger charge is -2.17. The third-order valence-corrected chi connectivity index (χ3v) is 4.66. The third kappa shape index (κ3) is 4.48. The zero-order chi connectivity index (χ0) is 18.7. The summed E-state index contributed by atoms with van der Waals surface area (Å²) in [5.41, 5.74) is 3.92. The Balaban J connectivity index is 1.56. The molecule has 4 nitrogen and oxygen atoms in total. The van der Waals surface area contributed by atoms with Crippen LogP contribution < -0.4 is 5.32 Å². The second-order valence-corrected chi connectivity index (χ2v) is 6.98. The number of halogens is 1. The van der Waals surface area contributed by atoms with E-state index in [4.69, 9.17) is 0 Å². The van der Waals surface area contributed by atoms with Gasteiger partial charge in [-0.25, -0.2) is 4.39 Å². The quantitative estimate of drug-likeness (QED) is 0.894. The molecule has 26 heavy (non-hydrogen) atoms. The Morgan fingerprint density at radius 3 is 2.46 bits per heavy atom. The van der Waals surface area contributed by atoms with Crippen LogP contribution in [0.25, 0.3) is 0 Å². The van der Waals surface area contributed by atoms with Gasteiger partial charge in [0.1, 0.15) is 5.82 Å². The molecule has 2 aromatic carbocycles. The Labute approximate surface area is 153 Å². The molecule has 1 heterocycles. The number of likely N-dealkylation sites (tertiary alicyclic amines) is 1. The van der Waals surface area contributed by atoms with Crippen LogP contribution in [0, 0.1) is 25.6 Å². The van der Waals surface area contributed by atoms with E-state index in [1.54, 1.807) is 17.0 Å². The lowest BCUT2D eigenvalue weighted by molar-refractivity contribution is -0.128. The van der Waals surface area contributed by atoms with Crippen molar-refractivity contribution in [1.29, 1.82) is 0 Å². The molecule has 1 atom stereocenters. The van der Waals surface area contributed by atoms with Gasteiger partial charge in [-0.05, 0) is 61.2 Å². The molecule has 3 rings (SSSR count). The number of nitrogens with zero attached hydrogens (tertiary/aromatic N) is 1. The van der Waals surface area contributed by atoms with Crippen LogP contribution in [0.15, 0.2) is 42.5 Å². The molecular weight excluding hydrogens is 331 g/mol. The van der Waals surface area contributed by atoms with Crippen LogP contribution in [0.1, 0.15) is 23.1 Å². The van der Waals surface area contributed by atoms with Gasteiger partial charge in [-0.15, -0.1) is 0 Å². The first-order valence-corrected chi connectivity index (χ1v) is 8.82. The summed E-state index contributed by atoms with van der Waals surface area (Å²) in [6.07, 6.45) is 0.886. The number of carbonyl (C=O) groups is 2. The molecule has 2 aromatic rings. The van der Waals surface area contributed by atoms with Crippen molar-refractivity contribution in [2.75, 3.05) is 18.4 Å². The molecule has 1 aliphatic rings. The molecule has 1 aliphatic heterocycles. The zero-order valence-electron chi connectivity index (χ0n) is 15.1. The molecule has 1 N–H and O–H groups in total. The van der Waals surface area contributed by atoms with Crippen LogP contribution in [0.5, 0.6) is 0 Å². The highest BCUT2D eigenvalue weighted by atomic mass is 19.1. The van der Waals surface area contributed by atoms with Crippen molar-refractivity contribution in [3.05, 3.63) is 65.0 Å². The Morgan fingerprint density at radius 2 is 1.81 bits per heavy atom. The van der Waals surface area contributed by atoms with Gasteiger partial charge in [-0.3, -0.25) is 9.59 Å². The van der Waals surface area contributed by atoms with E-state index in [0.29, 0.717) is 19.5 Å². The van der Waals surface area contributed by atoms with E-state index >= 15 is 0 Å². The van der Waals surface area contributed by atoms with Gasteiger partial charge >= 0.3 is 0 Å². The number of anilines is 1. The number of rotatable bonds is 5. The molecule has 0 saturated carbocycles. The van der Waals surface area contributed by atoms with Crippen molar-refractivity contribution in [3.63, 3.8) is 0 Å². The fraction of sp³-hybridized carbons (Fsp3) is 0.333. The predicted molar refractivity (Wildman–Crippen MR) is 99.3 cm³/mol. The molecule has 0 radical (unpaired) electrons. The SMILES string of the molecule is Cc1cc(C)cc(NC(=O)[C@H]2CC(=O)N(CCc3ccc(F)cc3)C2)c1. The number of aryl methyl sites for hydroxylation is 2. The average Bonchev–Trinajstić information content (AvgIpc) is 2.94. The largest absolute Gasteiger partial charge is 0.342 e. The van der Waals surface area contributed by atoms with Crippen LogP contribution in [-0.2, 0) is 16.0 Å². The standard InChI is InChI=1S/C21H23FN2O2/c1-14-9-15(2)11-19(10-14)23-21(26)17-12-20(25)24(13-17)8-7-16-3-5-18(22)6-4-16/h3-6,9-11,17H,7-8,12-13H2,1-2H3,(H,23,26)/t17-/m0/s1. The first-order chi connectivity index (χ1) is 12.4. The maximum Gasteiger partial charge on any atom is 0.229 e. The van der Waals surface area contributed by atoms with Crippen molar-refractivity contribution in [2.45, 2.75) is 26.7 Å². The number of benzene rings is 2. The number of hydrogen-bond donors (Lipinski definition) is 1. The molecule has 0 aliphatic carbocycles. The summed E-state index contributed by atoms with van der Waals surface area (Å²) in [5.74, 6) is -0.731. The second-order valence-electron chi connectivity index (χ2n) is 6.98. The van der Waals surface area contributed by atoms with Crippen molar-refractivity contribution in [2.24, 2.45) is 5.92 Å². The highest BCUT2D eigenvalue weighted by Crippen LogP contribution is 2.21.